The number of amides is 5. The largest absolute Gasteiger partial charge is 0.445 e. The summed E-state index contributed by atoms with van der Waals surface area (Å²) in [7, 11) is 3.28. The van der Waals surface area contributed by atoms with Crippen LogP contribution in [0.4, 0.5) is 15.3 Å². The average Bonchev–Trinajstić information content (AvgIpc) is 3.30. The van der Waals surface area contributed by atoms with Gasteiger partial charge in [-0.05, 0) is 71.8 Å². The Bertz CT molecular complexity index is 2060. The summed E-state index contributed by atoms with van der Waals surface area (Å²) in [4.78, 5) is 97.8. The molecule has 2 rings (SSSR count). The Hall–Kier alpha value is -5.37. The quantitative estimate of drug-likeness (QED) is 0.0451. The smallest absolute Gasteiger partial charge is 0.410 e. The third kappa shape index (κ3) is 18.8. The molecule has 0 saturated carbocycles. The van der Waals surface area contributed by atoms with Crippen molar-refractivity contribution in [2.45, 2.75) is 171 Å². The zero-order valence-electron chi connectivity index (χ0n) is 45.0. The van der Waals surface area contributed by atoms with E-state index in [1.807, 2.05) is 106 Å². The molecule has 0 spiro atoms. The third-order valence-corrected chi connectivity index (χ3v) is 13.8. The first-order valence-corrected chi connectivity index (χ1v) is 25.3. The number of carbonyl (C=O) groups is 7. The minimum absolute atomic E-state index is 0.0196. The van der Waals surface area contributed by atoms with Gasteiger partial charge in [-0.15, -0.1) is 0 Å². The first kappa shape index (κ1) is 60.8. The topological polar surface area (TPSA) is 211 Å². The second-order valence-electron chi connectivity index (χ2n) is 21.6. The first-order valence-electron chi connectivity index (χ1n) is 25.3. The number of allylic oxidation sites excluding steroid dienone is 1. The highest BCUT2D eigenvalue weighted by Gasteiger charge is 2.45. The van der Waals surface area contributed by atoms with E-state index in [4.69, 9.17) is 16.2 Å². The van der Waals surface area contributed by atoms with Crippen LogP contribution in [0.15, 0.2) is 66.2 Å². The lowest BCUT2D eigenvalue weighted by atomic mass is 9.71. The van der Waals surface area contributed by atoms with Gasteiger partial charge < -0.3 is 36.6 Å². The lowest BCUT2D eigenvalue weighted by Gasteiger charge is -2.41. The van der Waals surface area contributed by atoms with Gasteiger partial charge in [0.25, 0.3) is 0 Å². The van der Waals surface area contributed by atoms with Gasteiger partial charge in [-0.3, -0.25) is 24.0 Å². The normalized spacial score (nSPS) is 14.7. The van der Waals surface area contributed by atoms with Crippen molar-refractivity contribution in [2.24, 2.45) is 46.5 Å². The van der Waals surface area contributed by atoms with E-state index in [1.165, 1.54) is 11.9 Å². The summed E-state index contributed by atoms with van der Waals surface area (Å²) in [6.45, 7) is 23.6. The van der Waals surface area contributed by atoms with Crippen molar-refractivity contribution < 1.29 is 38.3 Å². The van der Waals surface area contributed by atoms with E-state index in [2.05, 4.69) is 24.5 Å². The number of carbonyl (C=O) groups excluding carboxylic acids is 7. The fourth-order valence-corrected chi connectivity index (χ4v) is 8.98. The number of primary amides is 1. The molecule has 0 aliphatic heterocycles. The van der Waals surface area contributed by atoms with Crippen LogP contribution >= 0.6 is 0 Å². The number of hydrogen-bond acceptors (Lipinski definition) is 9. The number of rotatable bonds is 29. The number of nitrogens with zero attached hydrogens (tertiary/aromatic N) is 2. The zero-order chi connectivity index (χ0) is 53.1. The number of likely N-dealkylation sites (N-methyl/N-ethyl adjacent to an activating group) is 2. The summed E-state index contributed by atoms with van der Waals surface area (Å²) in [5.74, 6) is -2.30. The van der Waals surface area contributed by atoms with Crippen molar-refractivity contribution in [3.63, 3.8) is 0 Å². The van der Waals surface area contributed by atoms with E-state index >= 15 is 0 Å². The first-order chi connectivity index (χ1) is 32.7. The number of nitrogens with one attached hydrogen (secondary N) is 2. The molecule has 6 atom stereocenters. The van der Waals surface area contributed by atoms with Gasteiger partial charge in [-0.25, -0.2) is 9.59 Å². The fourth-order valence-electron chi connectivity index (χ4n) is 8.98. The maximum atomic E-state index is 15.0. The Morgan fingerprint density at radius 2 is 1.39 bits per heavy atom. The van der Waals surface area contributed by atoms with Crippen molar-refractivity contribution in [1.82, 2.24) is 15.1 Å². The molecule has 0 aliphatic rings. The molecule has 5 amide bonds. The monoisotopic (exact) mass is 973 g/mol. The molecule has 2 aromatic rings. The number of ether oxygens (including phenoxy) is 1. The number of urea groups is 1. The minimum Gasteiger partial charge on any atom is -0.445 e. The van der Waals surface area contributed by atoms with Crippen LogP contribution in [-0.2, 0) is 40.7 Å². The summed E-state index contributed by atoms with van der Waals surface area (Å²) in [6.07, 6.45) is 6.29. The van der Waals surface area contributed by atoms with E-state index in [0.29, 0.717) is 42.0 Å². The summed E-state index contributed by atoms with van der Waals surface area (Å²) in [5, 5.41) is 5.38. The molecule has 6 N–H and O–H groups in total. The molecule has 0 saturated heterocycles. The van der Waals surface area contributed by atoms with Crippen LogP contribution in [0.1, 0.15) is 152 Å². The van der Waals surface area contributed by atoms with Gasteiger partial charge >= 0.3 is 12.1 Å². The number of anilines is 1. The van der Waals surface area contributed by atoms with Crippen LogP contribution in [0, 0.1) is 35.0 Å². The van der Waals surface area contributed by atoms with Crippen molar-refractivity contribution >= 4 is 47.0 Å². The lowest BCUT2D eigenvalue weighted by molar-refractivity contribution is -0.143. The SMILES string of the molecule is CCCC[C@H](CC)CC(=O)/C(C)=C/[C@H](C(C)C)N(C)C(=O)[C@@H](CC(=O)[C@@H](N(C)C(=O)OCc1ccc(NC(=O)[C@H](CCCNC(N)=O)CC(=O)[C@@H](N)C(C)C)cc1)C(C)(C)c1ccccc1)C(C)(C)C. The molecule has 2 aromatic carbocycles. The van der Waals surface area contributed by atoms with Crippen molar-refractivity contribution in [2.75, 3.05) is 26.0 Å². The fraction of sp³-hybridized carbons (Fsp3) is 0.625. The highest BCUT2D eigenvalue weighted by atomic mass is 16.6. The molecule has 70 heavy (non-hydrogen) atoms. The molecule has 0 bridgehead atoms. The molecule has 0 aromatic heterocycles. The van der Waals surface area contributed by atoms with Crippen LogP contribution in [0.5, 0.6) is 0 Å². The molecule has 14 nitrogen and oxygen atoms in total. The van der Waals surface area contributed by atoms with E-state index in [0.717, 1.165) is 31.2 Å². The standard InChI is InChI=1S/C56H88N6O8/c1-15-17-22-39(16-2)32-46(63)38(7)31-45(36(3)4)61(13)52(67)44(55(8,9)10)34-48(65)50(56(11,12)42-24-19-18-20-25-42)62(14)54(69)70-35-40-26-28-43(29-27-40)60-51(66)41(23-21-30-59-53(58)68)33-47(64)49(57)37(5)6/h18-20,24-29,31,36-37,39,41,44-45,49-50H,15-17,21-23,30,32-35,57H2,1-14H3,(H,60,66)(H3,58,59,68)/b38-31+/t39-,41+,44+,45+,49-,50+/m0/s1. The van der Waals surface area contributed by atoms with Crippen LogP contribution in [0.25, 0.3) is 0 Å². The number of Topliss-reactive ketones (excluding diaryl/α,β-unsaturated/α-hetero) is 3. The highest BCUT2D eigenvalue weighted by Crippen LogP contribution is 2.37. The Morgan fingerprint density at radius 1 is 0.771 bits per heavy atom. The van der Waals surface area contributed by atoms with Gasteiger partial charge in [0.1, 0.15) is 12.6 Å². The molecule has 390 valence electrons. The van der Waals surface area contributed by atoms with Gasteiger partial charge in [-0.2, -0.15) is 0 Å². The number of nitrogens with two attached hydrogens (primary N) is 2. The molecule has 0 heterocycles. The second kappa shape index (κ2) is 28.5. The Morgan fingerprint density at radius 3 is 1.91 bits per heavy atom. The van der Waals surface area contributed by atoms with E-state index in [-0.39, 0.29) is 67.0 Å². The third-order valence-electron chi connectivity index (χ3n) is 13.8. The highest BCUT2D eigenvalue weighted by molar-refractivity contribution is 5.97. The summed E-state index contributed by atoms with van der Waals surface area (Å²) >= 11 is 0. The Balaban J connectivity index is 2.37. The summed E-state index contributed by atoms with van der Waals surface area (Å²) in [5.41, 5.74) is 12.2. The lowest BCUT2D eigenvalue weighted by Crippen LogP contribution is -2.55. The summed E-state index contributed by atoms with van der Waals surface area (Å²) in [6, 6.07) is 13.4. The Kier molecular flexibility index (Phi) is 24.7. The molecule has 0 fully saturated rings. The van der Waals surface area contributed by atoms with Crippen LogP contribution in [0.2, 0.25) is 0 Å². The van der Waals surface area contributed by atoms with Gasteiger partial charge in [0, 0.05) is 62.8 Å². The predicted molar refractivity (Wildman–Crippen MR) is 280 cm³/mol. The van der Waals surface area contributed by atoms with Crippen LogP contribution in [-0.4, -0.2) is 89.9 Å². The number of hydrogen-bond donors (Lipinski definition) is 4. The van der Waals surface area contributed by atoms with Gasteiger partial charge in [0.15, 0.2) is 17.3 Å². The zero-order valence-corrected chi connectivity index (χ0v) is 45.0. The molecule has 0 aliphatic carbocycles. The molecular formula is C56H88N6O8. The number of benzene rings is 2. The Labute approximate surface area is 419 Å². The maximum absolute atomic E-state index is 15.0. The predicted octanol–water partition coefficient (Wildman–Crippen LogP) is 9.77. The van der Waals surface area contributed by atoms with Gasteiger partial charge in [0.05, 0.1) is 12.1 Å². The van der Waals surface area contributed by atoms with Crippen LogP contribution < -0.4 is 22.1 Å². The number of unbranched alkanes of at least 4 members (excludes halogenated alkanes) is 1. The van der Waals surface area contributed by atoms with Crippen molar-refractivity contribution in [1.29, 1.82) is 0 Å². The van der Waals surface area contributed by atoms with Gasteiger partial charge in [0.2, 0.25) is 11.8 Å². The maximum Gasteiger partial charge on any atom is 0.410 e. The van der Waals surface area contributed by atoms with Gasteiger partial charge in [-0.1, -0.05) is 150 Å². The summed E-state index contributed by atoms with van der Waals surface area (Å²) < 4.78 is 5.84. The van der Waals surface area contributed by atoms with Crippen molar-refractivity contribution in [3.8, 4) is 0 Å². The van der Waals surface area contributed by atoms with E-state index in [1.54, 1.807) is 36.2 Å². The minimum atomic E-state index is -1.04. The van der Waals surface area contributed by atoms with Crippen LogP contribution in [0.3, 0.4) is 0 Å². The van der Waals surface area contributed by atoms with Crippen molar-refractivity contribution in [3.05, 3.63) is 77.4 Å². The molecule has 0 unspecified atom stereocenters. The average molecular weight is 973 g/mol. The molecule has 0 radical (unpaired) electrons. The molecular weight excluding hydrogens is 885 g/mol. The number of ketones is 3. The molecule has 14 heteroatoms. The van der Waals surface area contributed by atoms with E-state index < -0.39 is 52.9 Å². The van der Waals surface area contributed by atoms with E-state index in [9.17, 15) is 33.6 Å². The second-order valence-corrected chi connectivity index (χ2v) is 21.6.